The Hall–Kier alpha value is -2.04. The second kappa shape index (κ2) is 5.30. The molecule has 7 nitrogen and oxygen atoms in total. The van der Waals surface area contributed by atoms with Crippen molar-refractivity contribution in [3.63, 3.8) is 0 Å². The molecule has 2 heterocycles. The largest absolute Gasteiger partial charge is 0.342 e. The van der Waals surface area contributed by atoms with Crippen molar-refractivity contribution in [1.29, 1.82) is 5.26 Å². The molecule has 4 N–H and O–H groups in total. The summed E-state index contributed by atoms with van der Waals surface area (Å²) in [5, 5.41) is 15.2. The fraction of sp³-hybridized carbons (Fsp3) is 0.500. The SMILES string of the molecule is C[C@H](N)C(=O)N[C@@]1(c2nccnc2C#N)CCNC1. The van der Waals surface area contributed by atoms with Crippen LogP contribution in [-0.2, 0) is 10.3 Å². The Morgan fingerprint density at radius 2 is 2.37 bits per heavy atom. The maximum absolute atomic E-state index is 11.9. The molecule has 1 aliphatic heterocycles. The highest BCUT2D eigenvalue weighted by molar-refractivity contribution is 5.82. The summed E-state index contributed by atoms with van der Waals surface area (Å²) < 4.78 is 0. The molecule has 0 aliphatic carbocycles. The summed E-state index contributed by atoms with van der Waals surface area (Å²) in [5.41, 5.74) is 5.61. The van der Waals surface area contributed by atoms with Crippen molar-refractivity contribution in [3.05, 3.63) is 23.8 Å². The predicted octanol–water partition coefficient (Wildman–Crippen LogP) is -1.000. The van der Waals surface area contributed by atoms with E-state index < -0.39 is 11.6 Å². The summed E-state index contributed by atoms with van der Waals surface area (Å²) in [6, 6.07) is 1.40. The maximum Gasteiger partial charge on any atom is 0.237 e. The van der Waals surface area contributed by atoms with Crippen LogP contribution in [0.1, 0.15) is 24.7 Å². The molecule has 1 amide bonds. The van der Waals surface area contributed by atoms with Crippen LogP contribution in [0.15, 0.2) is 12.4 Å². The van der Waals surface area contributed by atoms with Crippen LogP contribution >= 0.6 is 0 Å². The number of nitriles is 1. The highest BCUT2D eigenvalue weighted by atomic mass is 16.2. The molecule has 0 bridgehead atoms. The monoisotopic (exact) mass is 260 g/mol. The minimum Gasteiger partial charge on any atom is -0.342 e. The molecule has 100 valence electrons. The lowest BCUT2D eigenvalue weighted by atomic mass is 9.91. The standard InChI is InChI=1S/C12H16N6O/c1-8(14)11(19)18-12(2-3-15-7-12)10-9(6-13)16-4-5-17-10/h4-5,8,15H,2-3,7,14H2,1H3,(H,18,19)/t8-,12-/m0/s1. The normalized spacial score (nSPS) is 23.6. The number of nitrogens with zero attached hydrogens (tertiary/aromatic N) is 3. The van der Waals surface area contributed by atoms with Crippen LogP contribution in [0.3, 0.4) is 0 Å². The third kappa shape index (κ3) is 2.54. The average Bonchev–Trinajstić information content (AvgIpc) is 2.88. The van der Waals surface area contributed by atoms with Gasteiger partial charge in [0.2, 0.25) is 5.91 Å². The van der Waals surface area contributed by atoms with Gasteiger partial charge < -0.3 is 16.4 Å². The summed E-state index contributed by atoms with van der Waals surface area (Å²) in [5.74, 6) is -0.266. The van der Waals surface area contributed by atoms with Gasteiger partial charge in [-0.1, -0.05) is 0 Å². The number of hydrogen-bond donors (Lipinski definition) is 3. The topological polar surface area (TPSA) is 117 Å². The summed E-state index contributed by atoms with van der Waals surface area (Å²) in [6.07, 6.45) is 3.64. The first kappa shape index (κ1) is 13.4. The Balaban J connectivity index is 2.40. The smallest absolute Gasteiger partial charge is 0.237 e. The van der Waals surface area contributed by atoms with E-state index in [9.17, 15) is 4.79 Å². The summed E-state index contributed by atoms with van der Waals surface area (Å²) in [6.45, 7) is 2.87. The maximum atomic E-state index is 11.9. The second-order valence-corrected chi connectivity index (χ2v) is 4.65. The number of carbonyl (C=O) groups excluding carboxylic acids is 1. The molecule has 1 aliphatic rings. The van der Waals surface area contributed by atoms with E-state index in [0.717, 1.165) is 6.54 Å². The minimum atomic E-state index is -0.704. The fourth-order valence-corrected chi connectivity index (χ4v) is 2.18. The summed E-state index contributed by atoms with van der Waals surface area (Å²) in [7, 11) is 0. The van der Waals surface area contributed by atoms with Crippen LogP contribution in [0.25, 0.3) is 0 Å². The number of rotatable bonds is 3. The highest BCUT2D eigenvalue weighted by Gasteiger charge is 2.41. The molecule has 19 heavy (non-hydrogen) atoms. The number of hydrogen-bond acceptors (Lipinski definition) is 6. The number of amides is 1. The van der Waals surface area contributed by atoms with Crippen molar-refractivity contribution in [2.45, 2.75) is 24.9 Å². The van der Waals surface area contributed by atoms with E-state index in [-0.39, 0.29) is 11.6 Å². The molecule has 1 fully saturated rings. The molecule has 0 spiro atoms. The first-order valence-corrected chi connectivity index (χ1v) is 6.09. The van der Waals surface area contributed by atoms with Gasteiger partial charge in [-0.15, -0.1) is 0 Å². The molecule has 0 aromatic carbocycles. The van der Waals surface area contributed by atoms with Crippen LogP contribution in [-0.4, -0.2) is 35.0 Å². The van der Waals surface area contributed by atoms with Gasteiger partial charge in [0.15, 0.2) is 5.69 Å². The van der Waals surface area contributed by atoms with Gasteiger partial charge in [0.05, 0.1) is 11.6 Å². The van der Waals surface area contributed by atoms with Crippen molar-refractivity contribution in [3.8, 4) is 6.07 Å². The van der Waals surface area contributed by atoms with Crippen LogP contribution in [0.4, 0.5) is 0 Å². The Morgan fingerprint density at radius 1 is 1.63 bits per heavy atom. The Morgan fingerprint density at radius 3 is 2.95 bits per heavy atom. The first-order chi connectivity index (χ1) is 9.09. The van der Waals surface area contributed by atoms with Gasteiger partial charge in [0, 0.05) is 18.9 Å². The van der Waals surface area contributed by atoms with Crippen molar-refractivity contribution in [1.82, 2.24) is 20.6 Å². The van der Waals surface area contributed by atoms with E-state index in [0.29, 0.717) is 18.7 Å². The lowest BCUT2D eigenvalue weighted by Gasteiger charge is -2.30. The third-order valence-electron chi connectivity index (χ3n) is 3.19. The van der Waals surface area contributed by atoms with E-state index >= 15 is 0 Å². The van der Waals surface area contributed by atoms with Crippen molar-refractivity contribution in [2.24, 2.45) is 5.73 Å². The number of nitrogens with two attached hydrogens (primary N) is 1. The average molecular weight is 260 g/mol. The summed E-state index contributed by atoms with van der Waals surface area (Å²) >= 11 is 0. The van der Waals surface area contributed by atoms with Gasteiger partial charge in [-0.3, -0.25) is 9.78 Å². The fourth-order valence-electron chi connectivity index (χ4n) is 2.18. The lowest BCUT2D eigenvalue weighted by Crippen LogP contribution is -2.53. The van der Waals surface area contributed by atoms with Crippen LogP contribution in [0, 0.1) is 11.3 Å². The Labute approximate surface area is 111 Å². The Bertz CT molecular complexity index is 515. The van der Waals surface area contributed by atoms with Crippen molar-refractivity contribution >= 4 is 5.91 Å². The van der Waals surface area contributed by atoms with Gasteiger partial charge in [-0.05, 0) is 19.9 Å². The predicted molar refractivity (Wildman–Crippen MR) is 67.7 cm³/mol. The molecule has 1 saturated heterocycles. The van der Waals surface area contributed by atoms with E-state index in [2.05, 4.69) is 20.6 Å². The van der Waals surface area contributed by atoms with E-state index in [1.54, 1.807) is 6.92 Å². The molecule has 0 unspecified atom stereocenters. The molecule has 2 atom stereocenters. The number of aromatic nitrogens is 2. The molecule has 1 aromatic rings. The zero-order valence-corrected chi connectivity index (χ0v) is 10.7. The van der Waals surface area contributed by atoms with E-state index in [1.165, 1.54) is 12.4 Å². The van der Waals surface area contributed by atoms with Gasteiger partial charge in [-0.25, -0.2) is 4.98 Å². The molecule has 0 saturated carbocycles. The molecular weight excluding hydrogens is 244 g/mol. The molecular formula is C12H16N6O. The van der Waals surface area contributed by atoms with Gasteiger partial charge in [-0.2, -0.15) is 5.26 Å². The third-order valence-corrected chi connectivity index (χ3v) is 3.19. The second-order valence-electron chi connectivity index (χ2n) is 4.65. The molecule has 7 heteroatoms. The lowest BCUT2D eigenvalue weighted by molar-refractivity contribution is -0.123. The Kier molecular flexibility index (Phi) is 3.74. The van der Waals surface area contributed by atoms with Crippen molar-refractivity contribution < 1.29 is 4.79 Å². The number of carbonyl (C=O) groups is 1. The molecule has 2 rings (SSSR count). The molecule has 1 aromatic heterocycles. The van der Waals surface area contributed by atoms with Crippen LogP contribution < -0.4 is 16.4 Å². The number of nitrogens with one attached hydrogen (secondary N) is 2. The van der Waals surface area contributed by atoms with Crippen LogP contribution in [0.2, 0.25) is 0 Å². The minimum absolute atomic E-state index is 0.233. The van der Waals surface area contributed by atoms with Gasteiger partial charge in [0.25, 0.3) is 0 Å². The quantitative estimate of drug-likeness (QED) is 0.642. The van der Waals surface area contributed by atoms with Gasteiger partial charge in [0.1, 0.15) is 11.8 Å². The van der Waals surface area contributed by atoms with E-state index in [4.69, 9.17) is 11.0 Å². The van der Waals surface area contributed by atoms with Crippen LogP contribution in [0.5, 0.6) is 0 Å². The van der Waals surface area contributed by atoms with Crippen molar-refractivity contribution in [2.75, 3.05) is 13.1 Å². The van der Waals surface area contributed by atoms with E-state index in [1.807, 2.05) is 6.07 Å². The zero-order chi connectivity index (χ0) is 13.9. The van der Waals surface area contributed by atoms with Gasteiger partial charge >= 0.3 is 0 Å². The first-order valence-electron chi connectivity index (χ1n) is 6.09. The highest BCUT2D eigenvalue weighted by Crippen LogP contribution is 2.27. The summed E-state index contributed by atoms with van der Waals surface area (Å²) in [4.78, 5) is 20.1. The molecule has 0 radical (unpaired) electrons. The zero-order valence-electron chi connectivity index (χ0n) is 10.7.